The van der Waals surface area contributed by atoms with E-state index in [9.17, 15) is 9.59 Å². The first-order chi connectivity index (χ1) is 13.7. The lowest BCUT2D eigenvalue weighted by Crippen LogP contribution is -2.26. The summed E-state index contributed by atoms with van der Waals surface area (Å²) in [4.78, 5) is 30.1. The Morgan fingerprint density at radius 3 is 2.69 bits per heavy atom. The smallest absolute Gasteiger partial charge is 0.262 e. The standard InChI is InChI=1S/C22H24ClN3O2S/c1-13(2)11-26-21(28)17-10-16(23)7-8-18(17)25-22(26)29-12-20(27)24-19-9-14(3)5-6-15(19)4/h5-10,13H,11-12H2,1-4H3,(H,24,27). The Labute approximate surface area is 179 Å². The summed E-state index contributed by atoms with van der Waals surface area (Å²) in [5.41, 5.74) is 3.34. The number of carbonyl (C=O) groups is 1. The summed E-state index contributed by atoms with van der Waals surface area (Å²) in [6, 6.07) is 11.0. The van der Waals surface area contributed by atoms with Gasteiger partial charge in [0, 0.05) is 17.3 Å². The quantitative estimate of drug-likeness (QED) is 0.439. The Kier molecular flexibility index (Phi) is 6.65. The highest BCUT2D eigenvalue weighted by Crippen LogP contribution is 2.22. The molecule has 1 amide bonds. The Morgan fingerprint density at radius 2 is 1.97 bits per heavy atom. The monoisotopic (exact) mass is 429 g/mol. The molecular weight excluding hydrogens is 406 g/mol. The molecule has 0 aliphatic heterocycles. The van der Waals surface area contributed by atoms with E-state index in [0.717, 1.165) is 16.8 Å². The number of aryl methyl sites for hydroxylation is 2. The largest absolute Gasteiger partial charge is 0.325 e. The number of halogens is 1. The number of benzene rings is 2. The Balaban J connectivity index is 1.86. The molecule has 1 N–H and O–H groups in total. The molecule has 0 spiro atoms. The molecule has 0 aliphatic rings. The number of fused-ring (bicyclic) bond motifs is 1. The molecule has 0 saturated carbocycles. The van der Waals surface area contributed by atoms with Crippen molar-refractivity contribution in [1.29, 1.82) is 0 Å². The van der Waals surface area contributed by atoms with Gasteiger partial charge in [-0.2, -0.15) is 0 Å². The molecule has 1 heterocycles. The predicted octanol–water partition coefficient (Wildman–Crippen LogP) is 5.05. The minimum atomic E-state index is -0.136. The zero-order chi connectivity index (χ0) is 21.1. The van der Waals surface area contributed by atoms with Gasteiger partial charge in [-0.15, -0.1) is 0 Å². The molecule has 3 rings (SSSR count). The molecule has 7 heteroatoms. The van der Waals surface area contributed by atoms with Crippen LogP contribution in [0.25, 0.3) is 10.9 Å². The molecule has 2 aromatic carbocycles. The Hall–Kier alpha value is -2.31. The van der Waals surface area contributed by atoms with Gasteiger partial charge >= 0.3 is 0 Å². The van der Waals surface area contributed by atoms with Crippen LogP contribution in [0.1, 0.15) is 25.0 Å². The van der Waals surface area contributed by atoms with Crippen molar-refractivity contribution in [2.45, 2.75) is 39.4 Å². The van der Waals surface area contributed by atoms with Crippen LogP contribution in [0.2, 0.25) is 5.02 Å². The van der Waals surface area contributed by atoms with Crippen LogP contribution in [0, 0.1) is 19.8 Å². The van der Waals surface area contributed by atoms with E-state index in [0.29, 0.717) is 27.6 Å². The third-order valence-corrected chi connectivity index (χ3v) is 5.64. The van der Waals surface area contributed by atoms with Crippen molar-refractivity contribution in [3.05, 3.63) is 62.9 Å². The van der Waals surface area contributed by atoms with Crippen molar-refractivity contribution in [2.75, 3.05) is 11.1 Å². The average molecular weight is 430 g/mol. The van der Waals surface area contributed by atoms with Gasteiger partial charge in [-0.25, -0.2) is 4.98 Å². The molecule has 0 bridgehead atoms. The molecule has 152 valence electrons. The van der Waals surface area contributed by atoms with Gasteiger partial charge in [0.1, 0.15) is 0 Å². The number of aromatic nitrogens is 2. The summed E-state index contributed by atoms with van der Waals surface area (Å²) in [5.74, 6) is 0.288. The van der Waals surface area contributed by atoms with Crippen LogP contribution in [-0.2, 0) is 11.3 Å². The van der Waals surface area contributed by atoms with Crippen LogP contribution in [0.15, 0.2) is 46.3 Å². The number of nitrogens with zero attached hydrogens (tertiary/aromatic N) is 2. The van der Waals surface area contributed by atoms with Gasteiger partial charge in [0.2, 0.25) is 5.91 Å². The number of thioether (sulfide) groups is 1. The lowest BCUT2D eigenvalue weighted by Gasteiger charge is -2.15. The highest BCUT2D eigenvalue weighted by molar-refractivity contribution is 7.99. The number of rotatable bonds is 6. The molecule has 0 fully saturated rings. The van der Waals surface area contributed by atoms with Crippen molar-refractivity contribution in [3.63, 3.8) is 0 Å². The first kappa shape index (κ1) is 21.4. The zero-order valence-corrected chi connectivity index (χ0v) is 18.5. The number of hydrogen-bond donors (Lipinski definition) is 1. The Bertz CT molecular complexity index is 1120. The third-order valence-electron chi connectivity index (χ3n) is 4.43. The van der Waals surface area contributed by atoms with Gasteiger partial charge in [-0.1, -0.05) is 49.3 Å². The van der Waals surface area contributed by atoms with E-state index in [2.05, 4.69) is 10.3 Å². The van der Waals surface area contributed by atoms with Gasteiger partial charge in [0.25, 0.3) is 5.56 Å². The topological polar surface area (TPSA) is 64.0 Å². The lowest BCUT2D eigenvalue weighted by molar-refractivity contribution is -0.113. The summed E-state index contributed by atoms with van der Waals surface area (Å²) in [6.07, 6.45) is 0. The second kappa shape index (κ2) is 9.01. The van der Waals surface area contributed by atoms with E-state index in [1.54, 1.807) is 22.8 Å². The van der Waals surface area contributed by atoms with Crippen LogP contribution < -0.4 is 10.9 Å². The third kappa shape index (κ3) is 5.19. The van der Waals surface area contributed by atoms with Crippen molar-refractivity contribution in [3.8, 4) is 0 Å². The fourth-order valence-corrected chi connectivity index (χ4v) is 3.98. The van der Waals surface area contributed by atoms with Crippen molar-refractivity contribution in [1.82, 2.24) is 9.55 Å². The maximum atomic E-state index is 13.0. The van der Waals surface area contributed by atoms with Crippen molar-refractivity contribution >= 4 is 45.9 Å². The van der Waals surface area contributed by atoms with Crippen molar-refractivity contribution in [2.24, 2.45) is 5.92 Å². The fourth-order valence-electron chi connectivity index (χ4n) is 3.00. The lowest BCUT2D eigenvalue weighted by atomic mass is 10.1. The van der Waals surface area contributed by atoms with Gasteiger partial charge in [0.15, 0.2) is 5.16 Å². The molecule has 3 aromatic rings. The second-order valence-corrected chi connectivity index (χ2v) is 8.90. The van der Waals surface area contributed by atoms with Gasteiger partial charge in [0.05, 0.1) is 16.7 Å². The molecule has 5 nitrogen and oxygen atoms in total. The number of amides is 1. The fraction of sp³-hybridized carbons (Fsp3) is 0.318. The number of carbonyl (C=O) groups excluding carboxylic acids is 1. The van der Waals surface area contributed by atoms with E-state index in [1.807, 2.05) is 45.9 Å². The summed E-state index contributed by atoms with van der Waals surface area (Å²) < 4.78 is 1.64. The van der Waals surface area contributed by atoms with Crippen LogP contribution in [0.3, 0.4) is 0 Å². The second-order valence-electron chi connectivity index (χ2n) is 7.52. The molecular formula is C22H24ClN3O2S. The summed E-state index contributed by atoms with van der Waals surface area (Å²) in [6.45, 7) is 8.54. The predicted molar refractivity (Wildman–Crippen MR) is 121 cm³/mol. The molecule has 29 heavy (non-hydrogen) atoms. The van der Waals surface area contributed by atoms with Gasteiger partial charge in [-0.05, 0) is 55.2 Å². The van der Waals surface area contributed by atoms with Crippen LogP contribution in [0.5, 0.6) is 0 Å². The number of nitrogens with one attached hydrogen (secondary N) is 1. The van der Waals surface area contributed by atoms with E-state index >= 15 is 0 Å². The highest BCUT2D eigenvalue weighted by atomic mass is 35.5. The molecule has 0 unspecified atom stereocenters. The molecule has 0 atom stereocenters. The van der Waals surface area contributed by atoms with E-state index in [-0.39, 0.29) is 23.1 Å². The highest BCUT2D eigenvalue weighted by Gasteiger charge is 2.15. The minimum absolute atomic E-state index is 0.134. The number of hydrogen-bond acceptors (Lipinski definition) is 4. The summed E-state index contributed by atoms with van der Waals surface area (Å²) >= 11 is 7.32. The SMILES string of the molecule is Cc1ccc(C)c(NC(=O)CSc2nc3ccc(Cl)cc3c(=O)n2CC(C)C)c1. The van der Waals surface area contributed by atoms with Gasteiger partial charge in [-0.3, -0.25) is 14.2 Å². The maximum Gasteiger partial charge on any atom is 0.262 e. The van der Waals surface area contributed by atoms with Crippen LogP contribution >= 0.6 is 23.4 Å². The van der Waals surface area contributed by atoms with E-state index < -0.39 is 0 Å². The van der Waals surface area contributed by atoms with E-state index in [4.69, 9.17) is 11.6 Å². The summed E-state index contributed by atoms with van der Waals surface area (Å²) in [5, 5.41) is 4.47. The average Bonchev–Trinajstić information content (AvgIpc) is 2.66. The van der Waals surface area contributed by atoms with Crippen LogP contribution in [-0.4, -0.2) is 21.2 Å². The maximum absolute atomic E-state index is 13.0. The first-order valence-corrected chi connectivity index (χ1v) is 10.8. The molecule has 1 aromatic heterocycles. The Morgan fingerprint density at radius 1 is 1.21 bits per heavy atom. The first-order valence-electron chi connectivity index (χ1n) is 9.44. The van der Waals surface area contributed by atoms with Crippen molar-refractivity contribution < 1.29 is 4.79 Å². The zero-order valence-electron chi connectivity index (χ0n) is 17.0. The summed E-state index contributed by atoms with van der Waals surface area (Å²) in [7, 11) is 0. The molecule has 0 aliphatic carbocycles. The van der Waals surface area contributed by atoms with Gasteiger partial charge < -0.3 is 5.32 Å². The number of anilines is 1. The van der Waals surface area contributed by atoms with Crippen LogP contribution in [0.4, 0.5) is 5.69 Å². The normalized spacial score (nSPS) is 11.2. The molecule has 0 saturated heterocycles. The molecule has 0 radical (unpaired) electrons. The minimum Gasteiger partial charge on any atom is -0.325 e. The van der Waals surface area contributed by atoms with E-state index in [1.165, 1.54) is 11.8 Å².